The average molecular weight is 311 g/mol. The quantitative estimate of drug-likeness (QED) is 0.450. The van der Waals surface area contributed by atoms with Gasteiger partial charge in [0.15, 0.2) is 4.96 Å². The Morgan fingerprint density at radius 2 is 1.95 bits per heavy atom. The van der Waals surface area contributed by atoms with E-state index in [1.807, 2.05) is 10.6 Å². The molecule has 2 heterocycles. The van der Waals surface area contributed by atoms with E-state index in [2.05, 4.69) is 4.98 Å². The van der Waals surface area contributed by atoms with Crippen LogP contribution in [0.1, 0.15) is 0 Å². The number of hydrogen-bond acceptors (Lipinski definition) is 5. The van der Waals surface area contributed by atoms with Crippen molar-refractivity contribution in [3.05, 3.63) is 58.8 Å². The zero-order valence-electron chi connectivity index (χ0n) is 11.1. The number of fused-ring (bicyclic) bond motifs is 3. The molecule has 4 rings (SSSR count). The minimum Gasteiger partial charge on any atom is -0.508 e. The number of nitrogens with zero attached hydrogens (tertiary/aromatic N) is 3. The van der Waals surface area contributed by atoms with Gasteiger partial charge in [0.05, 0.1) is 20.8 Å². The maximum atomic E-state index is 10.8. The normalized spacial score (nSPS) is 11.3. The van der Waals surface area contributed by atoms with Crippen molar-refractivity contribution in [1.82, 2.24) is 9.38 Å². The molecule has 0 spiro atoms. The molecule has 22 heavy (non-hydrogen) atoms. The van der Waals surface area contributed by atoms with E-state index >= 15 is 0 Å². The molecule has 0 saturated carbocycles. The number of non-ortho nitro benzene ring substituents is 1. The van der Waals surface area contributed by atoms with Crippen LogP contribution >= 0.6 is 11.3 Å². The molecule has 0 aliphatic rings. The second-order valence-electron chi connectivity index (χ2n) is 4.84. The molecule has 4 aromatic rings. The van der Waals surface area contributed by atoms with Gasteiger partial charge in [0.2, 0.25) is 0 Å². The van der Waals surface area contributed by atoms with E-state index in [0.29, 0.717) is 0 Å². The van der Waals surface area contributed by atoms with E-state index < -0.39 is 4.92 Å². The molecular weight excluding hydrogens is 302 g/mol. The molecule has 2 aromatic heterocycles. The molecule has 0 radical (unpaired) electrons. The van der Waals surface area contributed by atoms with Crippen LogP contribution in [-0.2, 0) is 0 Å². The van der Waals surface area contributed by atoms with Gasteiger partial charge in [-0.2, -0.15) is 0 Å². The summed E-state index contributed by atoms with van der Waals surface area (Å²) in [4.78, 5) is 15.8. The standard InChI is InChI=1S/C15H9N3O3S/c19-11-4-1-9(2-5-11)12-8-17-13-6-3-10(18(20)21)7-14(13)22-15(17)16-12/h1-8,19H. The van der Waals surface area contributed by atoms with Crippen LogP contribution in [0.25, 0.3) is 26.4 Å². The van der Waals surface area contributed by atoms with Crippen molar-refractivity contribution >= 4 is 32.2 Å². The van der Waals surface area contributed by atoms with Crippen LogP contribution in [0.3, 0.4) is 0 Å². The van der Waals surface area contributed by atoms with E-state index in [9.17, 15) is 15.2 Å². The third-order valence-electron chi connectivity index (χ3n) is 3.45. The van der Waals surface area contributed by atoms with Crippen molar-refractivity contribution in [2.75, 3.05) is 0 Å². The summed E-state index contributed by atoms with van der Waals surface area (Å²) in [6, 6.07) is 11.6. The SMILES string of the molecule is O=[N+]([O-])c1ccc2c(c1)sc1nc(-c3ccc(O)cc3)cn12. The predicted octanol–water partition coefficient (Wildman–Crippen LogP) is 3.83. The number of aromatic hydroxyl groups is 1. The van der Waals surface area contributed by atoms with Crippen molar-refractivity contribution in [3.63, 3.8) is 0 Å². The van der Waals surface area contributed by atoms with Crippen LogP contribution in [0, 0.1) is 10.1 Å². The number of imidazole rings is 1. The Morgan fingerprint density at radius 1 is 1.18 bits per heavy atom. The second kappa shape index (κ2) is 4.54. The maximum absolute atomic E-state index is 10.8. The fourth-order valence-corrected chi connectivity index (χ4v) is 3.42. The summed E-state index contributed by atoms with van der Waals surface area (Å²) in [6.45, 7) is 0. The van der Waals surface area contributed by atoms with Crippen LogP contribution in [0.15, 0.2) is 48.7 Å². The van der Waals surface area contributed by atoms with Crippen molar-refractivity contribution in [2.45, 2.75) is 0 Å². The molecule has 1 N–H and O–H groups in total. The molecule has 108 valence electrons. The van der Waals surface area contributed by atoms with Gasteiger partial charge in [-0.3, -0.25) is 14.5 Å². The monoisotopic (exact) mass is 311 g/mol. The van der Waals surface area contributed by atoms with Gasteiger partial charge in [0.1, 0.15) is 5.75 Å². The Kier molecular flexibility index (Phi) is 2.64. The summed E-state index contributed by atoms with van der Waals surface area (Å²) in [6.07, 6.45) is 1.90. The van der Waals surface area contributed by atoms with Gasteiger partial charge < -0.3 is 5.11 Å². The predicted molar refractivity (Wildman–Crippen MR) is 84.3 cm³/mol. The first kappa shape index (κ1) is 12.8. The lowest BCUT2D eigenvalue weighted by molar-refractivity contribution is -0.384. The number of hydrogen-bond donors (Lipinski definition) is 1. The third kappa shape index (κ3) is 1.91. The van der Waals surface area contributed by atoms with Crippen molar-refractivity contribution in [2.24, 2.45) is 0 Å². The van der Waals surface area contributed by atoms with E-state index in [0.717, 1.165) is 26.4 Å². The molecule has 7 heteroatoms. The van der Waals surface area contributed by atoms with E-state index in [4.69, 9.17) is 0 Å². The zero-order chi connectivity index (χ0) is 15.3. The average Bonchev–Trinajstić information content (AvgIpc) is 3.04. The van der Waals surface area contributed by atoms with Gasteiger partial charge in [-0.1, -0.05) is 11.3 Å². The van der Waals surface area contributed by atoms with Gasteiger partial charge in [-0.05, 0) is 30.3 Å². The maximum Gasteiger partial charge on any atom is 0.270 e. The number of nitro benzene ring substituents is 1. The topological polar surface area (TPSA) is 80.7 Å². The molecule has 0 aliphatic carbocycles. The molecule has 6 nitrogen and oxygen atoms in total. The molecule has 2 aromatic carbocycles. The first-order valence-electron chi connectivity index (χ1n) is 6.47. The van der Waals surface area contributed by atoms with Gasteiger partial charge in [0.25, 0.3) is 5.69 Å². The lowest BCUT2D eigenvalue weighted by Gasteiger charge is -1.96. The van der Waals surface area contributed by atoms with Crippen molar-refractivity contribution in [1.29, 1.82) is 0 Å². The summed E-state index contributed by atoms with van der Waals surface area (Å²) in [5.41, 5.74) is 2.68. The summed E-state index contributed by atoms with van der Waals surface area (Å²) in [5.74, 6) is 0.211. The summed E-state index contributed by atoms with van der Waals surface area (Å²) >= 11 is 1.41. The molecule has 0 aliphatic heterocycles. The lowest BCUT2D eigenvalue weighted by atomic mass is 10.2. The largest absolute Gasteiger partial charge is 0.508 e. The molecule has 0 bridgehead atoms. The first-order chi connectivity index (χ1) is 10.6. The highest BCUT2D eigenvalue weighted by atomic mass is 32.1. The van der Waals surface area contributed by atoms with E-state index in [1.54, 1.807) is 36.4 Å². The van der Waals surface area contributed by atoms with Crippen LogP contribution in [0.5, 0.6) is 5.75 Å². The number of nitro groups is 1. The second-order valence-corrected chi connectivity index (χ2v) is 5.85. The Labute approximate surface area is 128 Å². The van der Waals surface area contributed by atoms with E-state index in [1.165, 1.54) is 17.4 Å². The highest BCUT2D eigenvalue weighted by Crippen LogP contribution is 2.31. The highest BCUT2D eigenvalue weighted by Gasteiger charge is 2.13. The van der Waals surface area contributed by atoms with Gasteiger partial charge in [-0.15, -0.1) is 0 Å². The minimum atomic E-state index is -0.399. The zero-order valence-corrected chi connectivity index (χ0v) is 11.9. The molecule has 0 atom stereocenters. The minimum absolute atomic E-state index is 0.0794. The Bertz CT molecular complexity index is 1020. The van der Waals surface area contributed by atoms with Crippen LogP contribution in [0.2, 0.25) is 0 Å². The van der Waals surface area contributed by atoms with Crippen LogP contribution in [0.4, 0.5) is 5.69 Å². The van der Waals surface area contributed by atoms with Gasteiger partial charge >= 0.3 is 0 Å². The van der Waals surface area contributed by atoms with Crippen molar-refractivity contribution in [3.8, 4) is 17.0 Å². The van der Waals surface area contributed by atoms with Crippen molar-refractivity contribution < 1.29 is 10.0 Å². The van der Waals surface area contributed by atoms with Gasteiger partial charge in [0, 0.05) is 23.9 Å². The fraction of sp³-hybridized carbons (Fsp3) is 0. The molecule has 0 fully saturated rings. The number of benzene rings is 2. The Morgan fingerprint density at radius 3 is 2.68 bits per heavy atom. The Balaban J connectivity index is 1.88. The number of rotatable bonds is 2. The van der Waals surface area contributed by atoms with Gasteiger partial charge in [-0.25, -0.2) is 4.98 Å². The molecule has 0 unspecified atom stereocenters. The molecular formula is C15H9N3O3S. The summed E-state index contributed by atoms with van der Waals surface area (Å²) in [5, 5.41) is 20.2. The number of phenolic OH excluding ortho intramolecular Hbond substituents is 1. The lowest BCUT2D eigenvalue weighted by Crippen LogP contribution is -1.86. The number of aromatic nitrogens is 2. The summed E-state index contributed by atoms with van der Waals surface area (Å²) < 4.78 is 2.75. The number of phenols is 1. The number of thiazole rings is 1. The first-order valence-corrected chi connectivity index (χ1v) is 7.29. The van der Waals surface area contributed by atoms with E-state index in [-0.39, 0.29) is 11.4 Å². The van der Waals surface area contributed by atoms with Crippen LogP contribution < -0.4 is 0 Å². The molecule has 0 amide bonds. The third-order valence-corrected chi connectivity index (χ3v) is 4.47. The fourth-order valence-electron chi connectivity index (χ4n) is 2.37. The Hall–Kier alpha value is -2.93. The highest BCUT2D eigenvalue weighted by molar-refractivity contribution is 7.23. The molecule has 0 saturated heterocycles. The smallest absolute Gasteiger partial charge is 0.270 e. The summed E-state index contributed by atoms with van der Waals surface area (Å²) in [7, 11) is 0. The van der Waals surface area contributed by atoms with Crippen LogP contribution in [-0.4, -0.2) is 19.4 Å².